The lowest BCUT2D eigenvalue weighted by atomic mass is 10.2. The summed E-state index contributed by atoms with van der Waals surface area (Å²) >= 11 is 5.88. The van der Waals surface area contributed by atoms with E-state index in [0.717, 1.165) is 0 Å². The van der Waals surface area contributed by atoms with Gasteiger partial charge >= 0.3 is 5.97 Å². The first-order chi connectivity index (χ1) is 11.1. The molecule has 3 rings (SSSR count). The van der Waals surface area contributed by atoms with Crippen LogP contribution in [-0.2, 0) is 17.9 Å². The molecule has 0 atom stereocenters. The fourth-order valence-corrected chi connectivity index (χ4v) is 2.22. The smallest absolute Gasteiger partial charge is 0.374 e. The Bertz CT molecular complexity index is 794. The SMILES string of the molecule is O=C(OCc1c(F)cccc1Cl)c1ccc(Cn2cccn2)o1. The van der Waals surface area contributed by atoms with Gasteiger partial charge in [0, 0.05) is 18.0 Å². The number of rotatable bonds is 5. The molecule has 1 aromatic carbocycles. The van der Waals surface area contributed by atoms with Crippen LogP contribution < -0.4 is 0 Å². The normalized spacial score (nSPS) is 10.7. The minimum Gasteiger partial charge on any atom is -0.455 e. The third-order valence-electron chi connectivity index (χ3n) is 3.15. The standard InChI is InChI=1S/C16H12ClFN2O3/c17-13-3-1-4-14(18)12(13)10-22-16(21)15-6-5-11(23-15)9-20-8-2-7-19-20/h1-8H,9-10H2. The maximum atomic E-state index is 13.6. The van der Waals surface area contributed by atoms with Gasteiger partial charge in [0.25, 0.3) is 0 Å². The van der Waals surface area contributed by atoms with Gasteiger partial charge in [0.15, 0.2) is 0 Å². The molecule has 23 heavy (non-hydrogen) atoms. The molecule has 2 heterocycles. The summed E-state index contributed by atoms with van der Waals surface area (Å²) in [7, 11) is 0. The lowest BCUT2D eigenvalue weighted by molar-refractivity contribution is 0.0430. The van der Waals surface area contributed by atoms with Crippen molar-refractivity contribution in [2.24, 2.45) is 0 Å². The Morgan fingerprint density at radius 2 is 2.17 bits per heavy atom. The summed E-state index contributed by atoms with van der Waals surface area (Å²) in [5.41, 5.74) is 0.130. The Hall–Kier alpha value is -2.60. The molecule has 118 valence electrons. The van der Waals surface area contributed by atoms with Crippen molar-refractivity contribution in [3.8, 4) is 0 Å². The van der Waals surface area contributed by atoms with Crippen molar-refractivity contribution in [1.29, 1.82) is 0 Å². The second-order valence-electron chi connectivity index (χ2n) is 4.75. The lowest BCUT2D eigenvalue weighted by Crippen LogP contribution is -2.06. The van der Waals surface area contributed by atoms with E-state index in [1.165, 1.54) is 24.3 Å². The Morgan fingerprint density at radius 3 is 2.91 bits per heavy atom. The first-order valence-electron chi connectivity index (χ1n) is 6.79. The molecular formula is C16H12ClFN2O3. The zero-order valence-electron chi connectivity index (χ0n) is 11.9. The molecule has 0 N–H and O–H groups in total. The number of nitrogens with zero attached hydrogens (tertiary/aromatic N) is 2. The molecule has 0 radical (unpaired) electrons. The Morgan fingerprint density at radius 1 is 1.30 bits per heavy atom. The van der Waals surface area contributed by atoms with Crippen molar-refractivity contribution < 1.29 is 18.3 Å². The third-order valence-corrected chi connectivity index (χ3v) is 3.50. The number of hydrogen-bond donors (Lipinski definition) is 0. The molecule has 5 nitrogen and oxygen atoms in total. The van der Waals surface area contributed by atoms with Crippen LogP contribution in [0.3, 0.4) is 0 Å². The van der Waals surface area contributed by atoms with E-state index in [2.05, 4.69) is 5.10 Å². The predicted molar refractivity (Wildman–Crippen MR) is 80.6 cm³/mol. The molecule has 0 bridgehead atoms. The van der Waals surface area contributed by atoms with E-state index in [-0.39, 0.29) is 23.0 Å². The molecule has 0 spiro atoms. The number of aromatic nitrogens is 2. The molecular weight excluding hydrogens is 323 g/mol. The maximum Gasteiger partial charge on any atom is 0.374 e. The van der Waals surface area contributed by atoms with Crippen LogP contribution in [0.25, 0.3) is 0 Å². The predicted octanol–water partition coefficient (Wildman–Crippen LogP) is 3.67. The third kappa shape index (κ3) is 3.60. The fourth-order valence-electron chi connectivity index (χ4n) is 2.01. The summed E-state index contributed by atoms with van der Waals surface area (Å²) in [6.07, 6.45) is 3.43. The average Bonchev–Trinajstić information content (AvgIpc) is 3.19. The van der Waals surface area contributed by atoms with E-state index < -0.39 is 11.8 Å². The van der Waals surface area contributed by atoms with Crippen LogP contribution in [0, 0.1) is 5.82 Å². The van der Waals surface area contributed by atoms with E-state index in [9.17, 15) is 9.18 Å². The summed E-state index contributed by atoms with van der Waals surface area (Å²) in [6.45, 7) is 0.138. The number of halogens is 2. The quantitative estimate of drug-likeness (QED) is 0.668. The van der Waals surface area contributed by atoms with E-state index in [1.54, 1.807) is 29.2 Å². The number of carbonyl (C=O) groups is 1. The fraction of sp³-hybridized carbons (Fsp3) is 0.125. The number of ether oxygens (including phenoxy) is 1. The van der Waals surface area contributed by atoms with Crippen LogP contribution in [0.5, 0.6) is 0 Å². The summed E-state index contributed by atoms with van der Waals surface area (Å²) in [6, 6.07) is 9.22. The van der Waals surface area contributed by atoms with Crippen LogP contribution in [0.2, 0.25) is 5.02 Å². The second kappa shape index (κ2) is 6.66. The molecule has 2 aromatic heterocycles. The zero-order chi connectivity index (χ0) is 16.2. The number of hydrogen-bond acceptors (Lipinski definition) is 4. The molecule has 7 heteroatoms. The van der Waals surface area contributed by atoms with Crippen molar-refractivity contribution in [2.45, 2.75) is 13.2 Å². The highest BCUT2D eigenvalue weighted by atomic mass is 35.5. The summed E-state index contributed by atoms with van der Waals surface area (Å²) in [4.78, 5) is 12.0. The summed E-state index contributed by atoms with van der Waals surface area (Å²) < 4.78 is 25.7. The zero-order valence-corrected chi connectivity index (χ0v) is 12.7. The van der Waals surface area contributed by atoms with Crippen LogP contribution in [0.4, 0.5) is 4.39 Å². The first-order valence-corrected chi connectivity index (χ1v) is 7.17. The van der Waals surface area contributed by atoms with E-state index >= 15 is 0 Å². The first kappa shape index (κ1) is 15.3. The molecule has 0 saturated carbocycles. The van der Waals surface area contributed by atoms with Crippen molar-refractivity contribution in [3.63, 3.8) is 0 Å². The maximum absolute atomic E-state index is 13.6. The Labute approximate surface area is 136 Å². The largest absolute Gasteiger partial charge is 0.455 e. The lowest BCUT2D eigenvalue weighted by Gasteiger charge is -2.06. The topological polar surface area (TPSA) is 57.3 Å². The number of furan rings is 1. The van der Waals surface area contributed by atoms with Crippen molar-refractivity contribution >= 4 is 17.6 Å². The highest BCUT2D eigenvalue weighted by Crippen LogP contribution is 2.20. The van der Waals surface area contributed by atoms with Crippen LogP contribution in [0.1, 0.15) is 21.9 Å². The van der Waals surface area contributed by atoms with Crippen LogP contribution >= 0.6 is 11.6 Å². The average molecular weight is 335 g/mol. The van der Waals surface area contributed by atoms with Crippen LogP contribution in [0.15, 0.2) is 53.2 Å². The molecule has 0 amide bonds. The highest BCUT2D eigenvalue weighted by Gasteiger charge is 2.15. The van der Waals surface area contributed by atoms with Gasteiger partial charge in [-0.15, -0.1) is 0 Å². The molecule has 0 aliphatic rings. The van der Waals surface area contributed by atoms with Gasteiger partial charge in [0.2, 0.25) is 5.76 Å². The second-order valence-corrected chi connectivity index (χ2v) is 5.15. The monoisotopic (exact) mass is 334 g/mol. The molecule has 0 aliphatic carbocycles. The molecule has 0 aliphatic heterocycles. The number of esters is 1. The van der Waals surface area contributed by atoms with Gasteiger partial charge in [0.1, 0.15) is 18.2 Å². The Kier molecular flexibility index (Phi) is 4.43. The van der Waals surface area contributed by atoms with Gasteiger partial charge in [-0.05, 0) is 30.3 Å². The number of carbonyl (C=O) groups excluding carboxylic acids is 1. The van der Waals surface area contributed by atoms with Gasteiger partial charge in [-0.1, -0.05) is 17.7 Å². The van der Waals surface area contributed by atoms with Gasteiger partial charge < -0.3 is 9.15 Å². The van der Waals surface area contributed by atoms with Crippen molar-refractivity contribution in [2.75, 3.05) is 0 Å². The highest BCUT2D eigenvalue weighted by molar-refractivity contribution is 6.31. The minimum absolute atomic E-state index is 0.0413. The van der Waals surface area contributed by atoms with E-state index in [1.807, 2.05) is 0 Å². The van der Waals surface area contributed by atoms with Crippen molar-refractivity contribution in [3.05, 3.63) is 76.7 Å². The summed E-state index contributed by atoms with van der Waals surface area (Å²) in [5.74, 6) is -0.607. The Balaban J connectivity index is 1.64. The summed E-state index contributed by atoms with van der Waals surface area (Å²) in [5, 5.41) is 4.25. The molecule has 3 aromatic rings. The molecule has 0 saturated heterocycles. The minimum atomic E-state index is -0.684. The van der Waals surface area contributed by atoms with E-state index in [0.29, 0.717) is 12.3 Å². The van der Waals surface area contributed by atoms with Crippen molar-refractivity contribution in [1.82, 2.24) is 9.78 Å². The van der Waals surface area contributed by atoms with E-state index in [4.69, 9.17) is 20.8 Å². The van der Waals surface area contributed by atoms with Gasteiger partial charge in [-0.2, -0.15) is 5.10 Å². The molecule has 0 unspecified atom stereocenters. The van der Waals surface area contributed by atoms with Gasteiger partial charge in [-0.3, -0.25) is 4.68 Å². The number of benzene rings is 1. The van der Waals surface area contributed by atoms with Gasteiger partial charge in [0.05, 0.1) is 11.6 Å². The van der Waals surface area contributed by atoms with Crippen LogP contribution in [-0.4, -0.2) is 15.7 Å². The van der Waals surface area contributed by atoms with Gasteiger partial charge in [-0.25, -0.2) is 9.18 Å². The molecule has 0 fully saturated rings.